The summed E-state index contributed by atoms with van der Waals surface area (Å²) in [6, 6.07) is 26.7. The first kappa shape index (κ1) is 34.6. The maximum Gasteiger partial charge on any atom is 0.411 e. The molecule has 2 fully saturated rings. The van der Waals surface area contributed by atoms with Crippen molar-refractivity contribution < 1.29 is 28.5 Å². The minimum absolute atomic E-state index is 0.0382. The van der Waals surface area contributed by atoms with Crippen molar-refractivity contribution >= 4 is 17.7 Å². The number of likely N-dealkylation sites (tertiary alicyclic amines) is 1. The van der Waals surface area contributed by atoms with Crippen LogP contribution in [0.2, 0.25) is 0 Å². The van der Waals surface area contributed by atoms with Gasteiger partial charge in [-0.2, -0.15) is 0 Å². The highest BCUT2D eigenvalue weighted by Crippen LogP contribution is 2.40. The van der Waals surface area contributed by atoms with Gasteiger partial charge in [-0.3, -0.25) is 15.0 Å². The monoisotopic (exact) mass is 643 g/mol. The number of amides is 2. The lowest BCUT2D eigenvalue weighted by atomic mass is 10.0. The number of nitrogens with zero attached hydrogens (tertiary/aromatic N) is 2. The Kier molecular flexibility index (Phi) is 12.8. The molecule has 9 nitrogen and oxygen atoms in total. The number of ether oxygens (including phenoxy) is 4. The molecule has 0 aromatic heterocycles. The number of carbonyl (C=O) groups excluding carboxylic acids is 2. The zero-order valence-electron chi connectivity index (χ0n) is 27.9. The number of carbonyl (C=O) groups is 2. The van der Waals surface area contributed by atoms with Crippen molar-refractivity contribution in [3.05, 3.63) is 90.0 Å². The predicted molar refractivity (Wildman–Crippen MR) is 183 cm³/mol. The van der Waals surface area contributed by atoms with E-state index in [0.717, 1.165) is 55.7 Å². The molecule has 1 aliphatic carbocycles. The molecule has 2 amide bonds. The zero-order chi connectivity index (χ0) is 33.0. The number of likely N-dealkylation sites (N-methyl/N-ethyl adjacent to an activating group) is 1. The number of hydrogen-bond acceptors (Lipinski definition) is 7. The van der Waals surface area contributed by atoms with Crippen LogP contribution in [0.4, 0.5) is 10.5 Å². The van der Waals surface area contributed by atoms with Gasteiger partial charge in [-0.05, 0) is 60.8 Å². The van der Waals surface area contributed by atoms with Crippen LogP contribution in [0.25, 0.3) is 11.1 Å². The van der Waals surface area contributed by atoms with E-state index in [1.54, 1.807) is 19.1 Å². The molecule has 0 radical (unpaired) electrons. The fourth-order valence-corrected chi connectivity index (χ4v) is 6.83. The molecule has 3 aromatic rings. The van der Waals surface area contributed by atoms with Crippen LogP contribution >= 0.6 is 0 Å². The van der Waals surface area contributed by atoms with Crippen LogP contribution in [0.15, 0.2) is 78.9 Å². The van der Waals surface area contributed by atoms with Gasteiger partial charge in [0.05, 0.1) is 31.9 Å². The molecule has 0 bridgehead atoms. The molecule has 1 heterocycles. The molecule has 1 N–H and O–H groups in total. The third kappa shape index (κ3) is 9.87. The summed E-state index contributed by atoms with van der Waals surface area (Å²) in [5.41, 5.74) is 5.32. The second kappa shape index (κ2) is 17.4. The molecular formula is C38H49N3O6. The Bertz CT molecular complexity index is 1400. The summed E-state index contributed by atoms with van der Waals surface area (Å²) in [6.07, 6.45) is 2.13. The van der Waals surface area contributed by atoms with Gasteiger partial charge in [0.25, 0.3) is 0 Å². The van der Waals surface area contributed by atoms with E-state index >= 15 is 0 Å². The van der Waals surface area contributed by atoms with Crippen LogP contribution in [0.5, 0.6) is 0 Å². The van der Waals surface area contributed by atoms with E-state index in [4.69, 9.17) is 18.9 Å². The molecule has 3 atom stereocenters. The number of anilines is 1. The third-order valence-corrected chi connectivity index (χ3v) is 9.36. The molecule has 252 valence electrons. The summed E-state index contributed by atoms with van der Waals surface area (Å²) in [5, 5.41) is 2.98. The summed E-state index contributed by atoms with van der Waals surface area (Å²) in [5.74, 6) is 1.15. The Balaban J connectivity index is 0.982. The minimum Gasteiger partial charge on any atom is -0.446 e. The van der Waals surface area contributed by atoms with Crippen LogP contribution in [0, 0.1) is 11.8 Å². The van der Waals surface area contributed by atoms with Crippen molar-refractivity contribution in [2.75, 3.05) is 58.9 Å². The zero-order valence-corrected chi connectivity index (χ0v) is 27.9. The lowest BCUT2D eigenvalue weighted by Crippen LogP contribution is -2.39. The summed E-state index contributed by atoms with van der Waals surface area (Å²) in [7, 11) is 3.14. The first-order valence-corrected chi connectivity index (χ1v) is 16.8. The second-order valence-electron chi connectivity index (χ2n) is 12.5. The fraction of sp³-hybridized carbons (Fsp3) is 0.474. The summed E-state index contributed by atoms with van der Waals surface area (Å²) < 4.78 is 22.1. The van der Waals surface area contributed by atoms with Crippen molar-refractivity contribution in [1.82, 2.24) is 9.80 Å². The summed E-state index contributed by atoms with van der Waals surface area (Å²) in [6.45, 7) is 6.92. The van der Waals surface area contributed by atoms with Gasteiger partial charge in [0, 0.05) is 46.0 Å². The van der Waals surface area contributed by atoms with Gasteiger partial charge in [-0.15, -0.1) is 0 Å². The van der Waals surface area contributed by atoms with Gasteiger partial charge < -0.3 is 23.8 Å². The summed E-state index contributed by atoms with van der Waals surface area (Å²) in [4.78, 5) is 29.6. The molecule has 47 heavy (non-hydrogen) atoms. The number of fused-ring (bicyclic) bond motifs is 1. The van der Waals surface area contributed by atoms with E-state index in [1.165, 1.54) is 11.1 Å². The van der Waals surface area contributed by atoms with Gasteiger partial charge in [0.1, 0.15) is 6.10 Å². The van der Waals surface area contributed by atoms with Crippen LogP contribution < -0.4 is 5.32 Å². The highest BCUT2D eigenvalue weighted by Gasteiger charge is 2.42. The molecule has 2 unspecified atom stereocenters. The quantitative estimate of drug-likeness (QED) is 0.146. The topological polar surface area (TPSA) is 89.6 Å². The maximum absolute atomic E-state index is 12.8. The second-order valence-corrected chi connectivity index (χ2v) is 12.5. The van der Waals surface area contributed by atoms with Gasteiger partial charge in [-0.1, -0.05) is 72.8 Å². The molecule has 3 aromatic carbocycles. The van der Waals surface area contributed by atoms with E-state index in [2.05, 4.69) is 34.5 Å². The van der Waals surface area contributed by atoms with Crippen molar-refractivity contribution in [2.45, 2.75) is 51.5 Å². The van der Waals surface area contributed by atoms with Gasteiger partial charge in [0.2, 0.25) is 5.91 Å². The standard InChI is InChI=1S/C38H49N3O6/c1-4-41(27-37(44-2)45-3)36(42)19-21-46-20-18-28-14-16-29(17-15-28)24-40-25-31-22-33(23-32(31)26-40)47-38(43)39-35-13-9-8-12-34(35)30-10-6-5-7-11-30/h5-17,31-33,37H,4,18-27H2,1-3H3,(H,39,43)/t31-,32?,33?/m0/s1. The minimum atomic E-state index is -0.421. The van der Waals surface area contributed by atoms with Crippen molar-refractivity contribution in [3.63, 3.8) is 0 Å². The van der Waals surface area contributed by atoms with Crippen LogP contribution in [0.3, 0.4) is 0 Å². The lowest BCUT2D eigenvalue weighted by molar-refractivity contribution is -0.145. The molecule has 1 aliphatic heterocycles. The lowest BCUT2D eigenvalue weighted by Gasteiger charge is -2.25. The number of benzene rings is 3. The van der Waals surface area contributed by atoms with Crippen molar-refractivity contribution in [2.24, 2.45) is 11.8 Å². The Morgan fingerprint density at radius 3 is 2.21 bits per heavy atom. The number of rotatable bonds is 16. The van der Waals surface area contributed by atoms with E-state index in [9.17, 15) is 9.59 Å². The Labute approximate surface area is 279 Å². The van der Waals surface area contributed by atoms with E-state index < -0.39 is 6.29 Å². The van der Waals surface area contributed by atoms with Crippen molar-refractivity contribution in [1.29, 1.82) is 0 Å². The third-order valence-electron chi connectivity index (χ3n) is 9.36. The SMILES string of the molecule is CCN(CC(OC)OC)C(=O)CCOCCc1ccc(CN2CC3CC(OC(=O)Nc4ccccc4-c4ccccc4)C[C@H]3C2)cc1. The van der Waals surface area contributed by atoms with Crippen LogP contribution in [-0.4, -0.2) is 87.8 Å². The van der Waals surface area contributed by atoms with Crippen LogP contribution in [-0.2, 0) is 36.7 Å². The predicted octanol–water partition coefficient (Wildman–Crippen LogP) is 6.23. The molecule has 1 saturated heterocycles. The first-order valence-electron chi connectivity index (χ1n) is 16.8. The van der Waals surface area contributed by atoms with E-state index in [-0.39, 0.29) is 18.1 Å². The van der Waals surface area contributed by atoms with Gasteiger partial charge in [-0.25, -0.2) is 4.79 Å². The number of nitrogens with one attached hydrogen (secondary N) is 1. The maximum atomic E-state index is 12.8. The largest absolute Gasteiger partial charge is 0.446 e. The molecule has 1 saturated carbocycles. The van der Waals surface area contributed by atoms with Crippen molar-refractivity contribution in [3.8, 4) is 11.1 Å². The van der Waals surface area contributed by atoms with E-state index in [0.29, 0.717) is 44.6 Å². The Hall–Kier alpha value is -3.76. The molecule has 2 aliphatic rings. The highest BCUT2D eigenvalue weighted by atomic mass is 16.7. The van der Waals surface area contributed by atoms with Gasteiger partial charge in [0.15, 0.2) is 6.29 Å². The summed E-state index contributed by atoms with van der Waals surface area (Å²) >= 11 is 0. The average Bonchev–Trinajstić information content (AvgIpc) is 3.64. The fourth-order valence-electron chi connectivity index (χ4n) is 6.83. The highest BCUT2D eigenvalue weighted by molar-refractivity contribution is 5.91. The molecule has 9 heteroatoms. The normalized spacial score (nSPS) is 19.1. The van der Waals surface area contributed by atoms with E-state index in [1.807, 2.05) is 61.5 Å². The molecule has 5 rings (SSSR count). The average molecular weight is 644 g/mol. The smallest absolute Gasteiger partial charge is 0.411 e. The van der Waals surface area contributed by atoms with Gasteiger partial charge >= 0.3 is 6.09 Å². The number of para-hydroxylation sites is 1. The molecule has 0 spiro atoms. The Morgan fingerprint density at radius 1 is 0.872 bits per heavy atom. The number of methoxy groups -OCH3 is 2. The first-order chi connectivity index (χ1) is 22.9. The van der Waals surface area contributed by atoms with Crippen LogP contribution in [0.1, 0.15) is 37.3 Å². The molecular weight excluding hydrogens is 594 g/mol. The number of hydrogen-bond donors (Lipinski definition) is 1. The Morgan fingerprint density at radius 2 is 1.53 bits per heavy atom.